The number of aromatic nitrogens is 2. The molecule has 0 bridgehead atoms. The largest absolute Gasteiger partial charge is 0.453 e. The van der Waals surface area contributed by atoms with Gasteiger partial charge in [0.05, 0.1) is 22.7 Å². The van der Waals surface area contributed by atoms with Gasteiger partial charge in [-0.2, -0.15) is 5.10 Å². The fourth-order valence-corrected chi connectivity index (χ4v) is 5.43. The molecule has 0 aliphatic heterocycles. The summed E-state index contributed by atoms with van der Waals surface area (Å²) in [5, 5.41) is 8.88. The lowest BCUT2D eigenvalue weighted by atomic mass is 9.71. The average Bonchev–Trinajstić information content (AvgIpc) is 3.27. The lowest BCUT2D eigenvalue weighted by Gasteiger charge is -2.43. The molecule has 2 heterocycles. The summed E-state index contributed by atoms with van der Waals surface area (Å²) in [4.78, 5) is 26.7. The number of ether oxygens (including phenoxy) is 1. The fourth-order valence-electron chi connectivity index (χ4n) is 5.43. The summed E-state index contributed by atoms with van der Waals surface area (Å²) in [5.74, 6) is 0.514. The van der Waals surface area contributed by atoms with Gasteiger partial charge in [0.25, 0.3) is 0 Å². The normalized spacial score (nSPS) is 14.8. The minimum absolute atomic E-state index is 0.101. The molecule has 2 aromatic heterocycles. The molecule has 7 nitrogen and oxygen atoms in total. The van der Waals surface area contributed by atoms with E-state index in [0.29, 0.717) is 22.3 Å². The third kappa shape index (κ3) is 4.38. The Balaban J connectivity index is 1.47. The van der Waals surface area contributed by atoms with E-state index >= 15 is 0 Å². The standard InChI is InChI=1S/C32H31N3O4/c1-31(2,3)39-30(37)34-32(17-8-18-32)23-14-11-20(12-15-23)25-27(36)24-16-13-22-19-33-35(4)26(22)29(24)38-28(25)21-9-6-5-7-10-21/h5-7,9-16,19H,8,17-18H2,1-4H3,(H,34,37). The first-order chi connectivity index (χ1) is 18.7. The van der Waals surface area contributed by atoms with Crippen molar-refractivity contribution in [3.8, 4) is 22.5 Å². The van der Waals surface area contributed by atoms with Gasteiger partial charge < -0.3 is 14.5 Å². The van der Waals surface area contributed by atoms with Crippen LogP contribution in [0.15, 0.2) is 82.1 Å². The number of carbonyl (C=O) groups excluding carboxylic acids is 1. The maximum absolute atomic E-state index is 14.1. The molecule has 7 heteroatoms. The maximum atomic E-state index is 14.1. The van der Waals surface area contributed by atoms with Crippen LogP contribution in [0.2, 0.25) is 0 Å². The van der Waals surface area contributed by atoms with Gasteiger partial charge in [-0.15, -0.1) is 0 Å². The van der Waals surface area contributed by atoms with Crippen LogP contribution in [0.25, 0.3) is 44.3 Å². The zero-order chi connectivity index (χ0) is 27.4. The van der Waals surface area contributed by atoms with Crippen molar-refractivity contribution in [2.24, 2.45) is 7.05 Å². The van der Waals surface area contributed by atoms with Crippen molar-refractivity contribution < 1.29 is 13.9 Å². The summed E-state index contributed by atoms with van der Waals surface area (Å²) < 4.78 is 13.8. The Hall–Kier alpha value is -4.39. The molecule has 5 aromatic rings. The first-order valence-corrected chi connectivity index (χ1v) is 13.2. The van der Waals surface area contributed by atoms with Crippen LogP contribution < -0.4 is 10.7 Å². The Kier molecular flexibility index (Phi) is 5.83. The van der Waals surface area contributed by atoms with E-state index in [0.717, 1.165) is 46.9 Å². The van der Waals surface area contributed by atoms with Gasteiger partial charge in [-0.25, -0.2) is 4.79 Å². The highest BCUT2D eigenvalue weighted by Crippen LogP contribution is 2.42. The summed E-state index contributed by atoms with van der Waals surface area (Å²) in [6.07, 6.45) is 4.03. The lowest BCUT2D eigenvalue weighted by molar-refractivity contribution is 0.0377. The van der Waals surface area contributed by atoms with Crippen LogP contribution in [0.5, 0.6) is 0 Å². The molecule has 198 valence electrons. The minimum atomic E-state index is -0.572. The Bertz CT molecular complexity index is 1760. The highest BCUT2D eigenvalue weighted by Gasteiger charge is 2.41. The second-order valence-corrected chi connectivity index (χ2v) is 11.3. The fraction of sp³-hybridized carbons (Fsp3) is 0.281. The lowest BCUT2D eigenvalue weighted by Crippen LogP contribution is -2.52. The van der Waals surface area contributed by atoms with E-state index in [-0.39, 0.29) is 5.43 Å². The van der Waals surface area contributed by atoms with Gasteiger partial charge in [-0.3, -0.25) is 9.48 Å². The van der Waals surface area contributed by atoms with E-state index in [1.807, 2.05) is 94.5 Å². The van der Waals surface area contributed by atoms with Crippen LogP contribution in [0.1, 0.15) is 45.6 Å². The quantitative estimate of drug-likeness (QED) is 0.277. The number of rotatable bonds is 4. The monoisotopic (exact) mass is 521 g/mol. The number of hydrogen-bond acceptors (Lipinski definition) is 5. The summed E-state index contributed by atoms with van der Waals surface area (Å²) in [6, 6.07) is 21.3. The molecule has 0 atom stereocenters. The minimum Gasteiger partial charge on any atom is -0.453 e. The van der Waals surface area contributed by atoms with E-state index in [1.165, 1.54) is 0 Å². The number of hydrogen-bond donors (Lipinski definition) is 1. The van der Waals surface area contributed by atoms with Gasteiger partial charge in [-0.05, 0) is 57.2 Å². The van der Waals surface area contributed by atoms with E-state index in [1.54, 1.807) is 10.9 Å². The topological polar surface area (TPSA) is 86.4 Å². The molecule has 0 saturated heterocycles. The van der Waals surface area contributed by atoms with Crippen LogP contribution in [-0.4, -0.2) is 21.5 Å². The van der Waals surface area contributed by atoms with Crippen molar-refractivity contribution in [2.75, 3.05) is 0 Å². The average molecular weight is 522 g/mol. The molecule has 6 rings (SSSR count). The molecule has 1 fully saturated rings. The van der Waals surface area contributed by atoms with E-state index in [2.05, 4.69) is 10.4 Å². The van der Waals surface area contributed by atoms with Crippen molar-refractivity contribution in [2.45, 2.75) is 51.2 Å². The van der Waals surface area contributed by atoms with Crippen molar-refractivity contribution in [3.63, 3.8) is 0 Å². The molecular weight excluding hydrogens is 490 g/mol. The number of nitrogens with one attached hydrogen (secondary N) is 1. The third-order valence-corrected chi connectivity index (χ3v) is 7.47. The first-order valence-electron chi connectivity index (χ1n) is 13.2. The summed E-state index contributed by atoms with van der Waals surface area (Å²) in [7, 11) is 1.85. The zero-order valence-corrected chi connectivity index (χ0v) is 22.6. The molecule has 0 unspecified atom stereocenters. The van der Waals surface area contributed by atoms with Crippen molar-refractivity contribution >= 4 is 28.0 Å². The number of nitrogens with zero attached hydrogens (tertiary/aromatic N) is 2. The molecule has 39 heavy (non-hydrogen) atoms. The van der Waals surface area contributed by atoms with Crippen LogP contribution in [-0.2, 0) is 17.3 Å². The van der Waals surface area contributed by atoms with Crippen LogP contribution in [0.4, 0.5) is 4.79 Å². The molecule has 1 saturated carbocycles. The van der Waals surface area contributed by atoms with Crippen LogP contribution in [0, 0.1) is 0 Å². The summed E-state index contributed by atoms with van der Waals surface area (Å²) in [6.45, 7) is 5.56. The number of fused-ring (bicyclic) bond motifs is 3. The summed E-state index contributed by atoms with van der Waals surface area (Å²) in [5.41, 5.74) is 3.23. The molecular formula is C32H31N3O4. The van der Waals surface area contributed by atoms with Gasteiger partial charge in [0.15, 0.2) is 5.58 Å². The molecule has 0 radical (unpaired) electrons. The number of aryl methyl sites for hydroxylation is 1. The van der Waals surface area contributed by atoms with Crippen LogP contribution >= 0.6 is 0 Å². The molecule has 1 aliphatic rings. The first kappa shape index (κ1) is 24.9. The van der Waals surface area contributed by atoms with E-state index < -0.39 is 17.2 Å². The smallest absolute Gasteiger partial charge is 0.408 e. The zero-order valence-electron chi connectivity index (χ0n) is 22.6. The Morgan fingerprint density at radius 1 is 1.00 bits per heavy atom. The Morgan fingerprint density at radius 3 is 2.36 bits per heavy atom. The second kappa shape index (κ2) is 9.12. The highest BCUT2D eigenvalue weighted by molar-refractivity contribution is 6.04. The highest BCUT2D eigenvalue weighted by atomic mass is 16.6. The predicted molar refractivity (Wildman–Crippen MR) is 153 cm³/mol. The number of alkyl carbamates (subject to hydrolysis) is 1. The molecule has 0 spiro atoms. The van der Waals surface area contributed by atoms with Gasteiger partial charge >= 0.3 is 6.09 Å². The van der Waals surface area contributed by atoms with Gasteiger partial charge in [0, 0.05) is 18.0 Å². The van der Waals surface area contributed by atoms with E-state index in [4.69, 9.17) is 9.15 Å². The molecule has 3 aromatic carbocycles. The number of amides is 1. The third-order valence-electron chi connectivity index (χ3n) is 7.47. The maximum Gasteiger partial charge on any atom is 0.408 e. The number of benzene rings is 3. The molecule has 1 aliphatic carbocycles. The summed E-state index contributed by atoms with van der Waals surface area (Å²) >= 11 is 0. The predicted octanol–water partition coefficient (Wildman–Crippen LogP) is 6.92. The van der Waals surface area contributed by atoms with Gasteiger partial charge in [0.1, 0.15) is 16.9 Å². The molecule has 1 amide bonds. The molecule has 1 N–H and O–H groups in total. The van der Waals surface area contributed by atoms with E-state index in [9.17, 15) is 9.59 Å². The van der Waals surface area contributed by atoms with Gasteiger partial charge in [0.2, 0.25) is 5.43 Å². The second-order valence-electron chi connectivity index (χ2n) is 11.3. The SMILES string of the molecule is Cn1ncc2ccc3c(=O)c(-c4ccc(C5(NC(=O)OC(C)(C)C)CCC5)cc4)c(-c4ccccc4)oc3c21. The van der Waals surface area contributed by atoms with Crippen molar-refractivity contribution in [3.05, 3.63) is 88.7 Å². The van der Waals surface area contributed by atoms with Gasteiger partial charge in [-0.1, -0.05) is 60.7 Å². The Labute approximate surface area is 226 Å². The van der Waals surface area contributed by atoms with Crippen LogP contribution in [0.3, 0.4) is 0 Å². The van der Waals surface area contributed by atoms with Crippen molar-refractivity contribution in [1.29, 1.82) is 0 Å². The van der Waals surface area contributed by atoms with Crippen molar-refractivity contribution in [1.82, 2.24) is 15.1 Å². The Morgan fingerprint density at radius 2 is 1.72 bits per heavy atom. The number of carbonyl (C=O) groups is 1.